The zero-order chi connectivity index (χ0) is 12.8. The van der Waals surface area contributed by atoms with Crippen LogP contribution in [-0.2, 0) is 14.3 Å². The minimum Gasteiger partial charge on any atom is -0.481 e. The van der Waals surface area contributed by atoms with E-state index in [0.29, 0.717) is 0 Å². The van der Waals surface area contributed by atoms with Gasteiger partial charge in [-0.3, -0.25) is 14.6 Å². The van der Waals surface area contributed by atoms with Crippen LogP contribution in [0.25, 0.3) is 0 Å². The van der Waals surface area contributed by atoms with Gasteiger partial charge in [0.1, 0.15) is 0 Å². The van der Waals surface area contributed by atoms with Gasteiger partial charge in [0, 0.05) is 18.3 Å². The van der Waals surface area contributed by atoms with Crippen LogP contribution in [0.4, 0.5) is 0 Å². The fourth-order valence-corrected chi connectivity index (χ4v) is 1.69. The van der Waals surface area contributed by atoms with E-state index in [1.165, 1.54) is 7.11 Å². The van der Waals surface area contributed by atoms with Gasteiger partial charge in [0.25, 0.3) is 0 Å². The molecule has 1 N–H and O–H groups in total. The topological polar surface area (TPSA) is 76.5 Å². The summed E-state index contributed by atoms with van der Waals surface area (Å²) in [6.45, 7) is 1.86. The molecule has 5 nitrogen and oxygen atoms in total. The standard InChI is InChI=1S/C12H15NO4/c1-8-3-4-13-7-10(8)9(5-11(14)15)6-12(16)17-2/h3-4,7,9H,5-6H2,1-2H3,(H,14,15). The van der Waals surface area contributed by atoms with Gasteiger partial charge in [0.05, 0.1) is 20.0 Å². The first-order chi connectivity index (χ1) is 8.04. The Labute approximate surface area is 99.4 Å². The first-order valence-corrected chi connectivity index (χ1v) is 5.23. The molecule has 0 aliphatic heterocycles. The quantitative estimate of drug-likeness (QED) is 0.785. The fraction of sp³-hybridized carbons (Fsp3) is 0.417. The Balaban J connectivity index is 2.93. The average Bonchev–Trinajstić information content (AvgIpc) is 2.28. The molecule has 0 fully saturated rings. The molecule has 92 valence electrons. The maximum absolute atomic E-state index is 11.3. The second kappa shape index (κ2) is 5.98. The van der Waals surface area contributed by atoms with Gasteiger partial charge < -0.3 is 9.84 Å². The number of aryl methyl sites for hydroxylation is 1. The molecule has 0 bridgehead atoms. The molecule has 0 aliphatic rings. The number of carboxylic acid groups (broad SMARTS) is 1. The minimum atomic E-state index is -0.942. The van der Waals surface area contributed by atoms with Gasteiger partial charge in [-0.15, -0.1) is 0 Å². The van der Waals surface area contributed by atoms with Crippen LogP contribution in [-0.4, -0.2) is 29.1 Å². The van der Waals surface area contributed by atoms with Crippen molar-refractivity contribution in [3.8, 4) is 0 Å². The highest BCUT2D eigenvalue weighted by atomic mass is 16.5. The summed E-state index contributed by atoms with van der Waals surface area (Å²) in [5.74, 6) is -1.75. The van der Waals surface area contributed by atoms with Gasteiger partial charge in [-0.1, -0.05) is 0 Å². The highest BCUT2D eigenvalue weighted by Gasteiger charge is 2.21. The molecule has 5 heteroatoms. The summed E-state index contributed by atoms with van der Waals surface area (Å²) in [5, 5.41) is 8.85. The molecular weight excluding hydrogens is 222 g/mol. The predicted octanol–water partition coefficient (Wildman–Crippen LogP) is 1.51. The zero-order valence-corrected chi connectivity index (χ0v) is 9.84. The molecule has 0 aliphatic carbocycles. The minimum absolute atomic E-state index is 0.0509. The molecule has 0 aromatic carbocycles. The summed E-state index contributed by atoms with van der Waals surface area (Å²) in [4.78, 5) is 26.0. The molecule has 1 aromatic heterocycles. The van der Waals surface area contributed by atoms with Crippen molar-refractivity contribution in [1.82, 2.24) is 4.98 Å². The number of pyridine rings is 1. The normalized spacial score (nSPS) is 11.9. The maximum Gasteiger partial charge on any atom is 0.306 e. The molecule has 0 saturated carbocycles. The summed E-state index contributed by atoms with van der Waals surface area (Å²) in [6, 6.07) is 1.79. The van der Waals surface area contributed by atoms with Crippen LogP contribution in [0, 0.1) is 6.92 Å². The van der Waals surface area contributed by atoms with Crippen LogP contribution in [0.3, 0.4) is 0 Å². The molecule has 0 saturated heterocycles. The summed E-state index contributed by atoms with van der Waals surface area (Å²) < 4.78 is 4.57. The van der Waals surface area contributed by atoms with E-state index in [0.717, 1.165) is 11.1 Å². The van der Waals surface area contributed by atoms with Crippen molar-refractivity contribution in [3.63, 3.8) is 0 Å². The Morgan fingerprint density at radius 1 is 1.47 bits per heavy atom. The lowest BCUT2D eigenvalue weighted by molar-refractivity contribution is -0.141. The molecule has 1 unspecified atom stereocenters. The van der Waals surface area contributed by atoms with Gasteiger partial charge in [-0.05, 0) is 24.1 Å². The van der Waals surface area contributed by atoms with Crippen molar-refractivity contribution in [2.45, 2.75) is 25.7 Å². The van der Waals surface area contributed by atoms with Crippen molar-refractivity contribution in [3.05, 3.63) is 29.6 Å². The van der Waals surface area contributed by atoms with Gasteiger partial charge >= 0.3 is 11.9 Å². The van der Waals surface area contributed by atoms with Crippen LogP contribution in [0.1, 0.15) is 29.9 Å². The number of aliphatic carboxylic acids is 1. The van der Waals surface area contributed by atoms with Gasteiger partial charge in [0.2, 0.25) is 0 Å². The lowest BCUT2D eigenvalue weighted by Gasteiger charge is -2.15. The maximum atomic E-state index is 11.3. The SMILES string of the molecule is COC(=O)CC(CC(=O)O)c1cnccc1C. The number of carbonyl (C=O) groups is 2. The molecule has 0 radical (unpaired) electrons. The number of aromatic nitrogens is 1. The predicted molar refractivity (Wildman–Crippen MR) is 60.6 cm³/mol. The first-order valence-electron chi connectivity index (χ1n) is 5.23. The fourth-order valence-electron chi connectivity index (χ4n) is 1.69. The van der Waals surface area contributed by atoms with Crippen molar-refractivity contribution in [2.75, 3.05) is 7.11 Å². The van der Waals surface area contributed by atoms with Crippen molar-refractivity contribution < 1.29 is 19.4 Å². The first kappa shape index (κ1) is 13.2. The third-order valence-electron chi connectivity index (χ3n) is 2.58. The zero-order valence-electron chi connectivity index (χ0n) is 9.84. The Bertz CT molecular complexity index is 417. The number of ether oxygens (including phenoxy) is 1. The Hall–Kier alpha value is -1.91. The molecule has 0 spiro atoms. The number of carbonyl (C=O) groups excluding carboxylic acids is 1. The highest BCUT2D eigenvalue weighted by Crippen LogP contribution is 2.26. The van der Waals surface area contributed by atoms with Crippen LogP contribution < -0.4 is 0 Å². The third-order valence-corrected chi connectivity index (χ3v) is 2.58. The van der Waals surface area contributed by atoms with E-state index in [2.05, 4.69) is 9.72 Å². The summed E-state index contributed by atoms with van der Waals surface area (Å²) in [6.07, 6.45) is 3.18. The molecule has 1 rings (SSSR count). The number of carboxylic acids is 1. The lowest BCUT2D eigenvalue weighted by Crippen LogP contribution is -2.13. The molecular formula is C12H15NO4. The van der Waals surface area contributed by atoms with Gasteiger partial charge in [0.15, 0.2) is 0 Å². The van der Waals surface area contributed by atoms with Crippen molar-refractivity contribution >= 4 is 11.9 Å². The molecule has 1 aromatic rings. The Morgan fingerprint density at radius 3 is 2.71 bits per heavy atom. The number of hydrogen-bond acceptors (Lipinski definition) is 4. The molecule has 17 heavy (non-hydrogen) atoms. The molecule has 0 amide bonds. The van der Waals surface area contributed by atoms with Crippen LogP contribution in [0.5, 0.6) is 0 Å². The summed E-state index contributed by atoms with van der Waals surface area (Å²) >= 11 is 0. The van der Waals surface area contributed by atoms with Crippen LogP contribution >= 0.6 is 0 Å². The Morgan fingerprint density at radius 2 is 2.18 bits per heavy atom. The van der Waals surface area contributed by atoms with Crippen LogP contribution in [0.15, 0.2) is 18.5 Å². The van der Waals surface area contributed by atoms with E-state index in [4.69, 9.17) is 5.11 Å². The third kappa shape index (κ3) is 3.86. The summed E-state index contributed by atoms with van der Waals surface area (Å²) in [5.41, 5.74) is 1.70. The Kier molecular flexibility index (Phi) is 4.63. The van der Waals surface area contributed by atoms with E-state index in [-0.39, 0.29) is 12.8 Å². The van der Waals surface area contributed by atoms with E-state index < -0.39 is 17.9 Å². The van der Waals surface area contributed by atoms with Gasteiger partial charge in [-0.2, -0.15) is 0 Å². The van der Waals surface area contributed by atoms with Crippen molar-refractivity contribution in [1.29, 1.82) is 0 Å². The molecule has 1 heterocycles. The lowest BCUT2D eigenvalue weighted by atomic mass is 9.91. The number of hydrogen-bond donors (Lipinski definition) is 1. The second-order valence-corrected chi connectivity index (χ2v) is 3.81. The summed E-state index contributed by atoms with van der Waals surface area (Å²) in [7, 11) is 1.29. The van der Waals surface area contributed by atoms with Crippen LogP contribution in [0.2, 0.25) is 0 Å². The van der Waals surface area contributed by atoms with E-state index in [1.807, 2.05) is 6.92 Å². The number of methoxy groups -OCH3 is 1. The number of esters is 1. The number of nitrogens with zero attached hydrogens (tertiary/aromatic N) is 1. The largest absolute Gasteiger partial charge is 0.481 e. The van der Waals surface area contributed by atoms with E-state index >= 15 is 0 Å². The van der Waals surface area contributed by atoms with Gasteiger partial charge in [-0.25, -0.2) is 0 Å². The number of rotatable bonds is 5. The molecule has 1 atom stereocenters. The van der Waals surface area contributed by atoms with Crippen molar-refractivity contribution in [2.24, 2.45) is 0 Å². The van der Waals surface area contributed by atoms with E-state index in [9.17, 15) is 9.59 Å². The average molecular weight is 237 g/mol. The monoisotopic (exact) mass is 237 g/mol. The highest BCUT2D eigenvalue weighted by molar-refractivity contribution is 5.73. The second-order valence-electron chi connectivity index (χ2n) is 3.81. The smallest absolute Gasteiger partial charge is 0.306 e. The van der Waals surface area contributed by atoms with E-state index in [1.54, 1.807) is 18.5 Å².